The van der Waals surface area contributed by atoms with Gasteiger partial charge in [0.1, 0.15) is 0 Å². The van der Waals surface area contributed by atoms with Crippen molar-refractivity contribution < 1.29 is 8.42 Å². The third-order valence-corrected chi connectivity index (χ3v) is 2.96. The van der Waals surface area contributed by atoms with E-state index in [1.165, 1.54) is 16.9 Å². The summed E-state index contributed by atoms with van der Waals surface area (Å²) in [6.07, 6.45) is 0. The van der Waals surface area contributed by atoms with Gasteiger partial charge in [-0.1, -0.05) is 48.0 Å². The highest BCUT2D eigenvalue weighted by Crippen LogP contribution is 2.09. The van der Waals surface area contributed by atoms with E-state index >= 15 is 0 Å². The Morgan fingerprint density at radius 1 is 1.06 bits per heavy atom. The first kappa shape index (κ1) is 14.3. The molecule has 0 aliphatic rings. The van der Waals surface area contributed by atoms with E-state index in [4.69, 9.17) is 0 Å². The van der Waals surface area contributed by atoms with Gasteiger partial charge in [0.05, 0.1) is 5.69 Å². The summed E-state index contributed by atoms with van der Waals surface area (Å²) >= 11 is 0. The molecule has 0 aliphatic carbocycles. The predicted octanol–water partition coefficient (Wildman–Crippen LogP) is 2.44. The topological polar surface area (TPSA) is 37.4 Å². The summed E-state index contributed by atoms with van der Waals surface area (Å²) in [5.41, 5.74) is 1.95. The summed E-state index contributed by atoms with van der Waals surface area (Å²) in [6.45, 7) is 2.05. The Kier molecular flexibility index (Phi) is 5.94. The molecule has 2 rings (SSSR count). The molecule has 3 nitrogen and oxygen atoms in total. The quantitative estimate of drug-likeness (QED) is 0.844. The zero-order valence-electron chi connectivity index (χ0n) is 10.4. The predicted molar refractivity (Wildman–Crippen MR) is 75.2 cm³/mol. The zero-order valence-corrected chi connectivity index (χ0v) is 11.3. The van der Waals surface area contributed by atoms with Crippen molar-refractivity contribution in [2.24, 2.45) is 0 Å². The molecule has 0 aliphatic heterocycles. The smallest absolute Gasteiger partial charge is 0.224 e. The van der Waals surface area contributed by atoms with Gasteiger partial charge >= 0.3 is 0 Å². The number of hydrogen-bond acceptors (Lipinski definition) is 2. The second-order valence-corrected chi connectivity index (χ2v) is 4.75. The average Bonchev–Trinajstić information content (AvgIpc) is 2.40. The summed E-state index contributed by atoms with van der Waals surface area (Å²) in [5.74, 6) is 0. The van der Waals surface area contributed by atoms with E-state index in [2.05, 4.69) is 19.1 Å². The fourth-order valence-corrected chi connectivity index (χ4v) is 1.54. The van der Waals surface area contributed by atoms with Crippen LogP contribution in [0.15, 0.2) is 54.6 Å². The third-order valence-electron chi connectivity index (χ3n) is 2.24. The van der Waals surface area contributed by atoms with Gasteiger partial charge in [-0.2, -0.15) is 0 Å². The van der Waals surface area contributed by atoms with Gasteiger partial charge in [-0.25, -0.2) is 8.42 Å². The minimum absolute atomic E-state index is 0.684. The monoisotopic (exact) mass is 262 g/mol. The molecule has 0 N–H and O–H groups in total. The lowest BCUT2D eigenvalue weighted by Crippen LogP contribution is -2.13. The van der Waals surface area contributed by atoms with Gasteiger partial charge in [-0.3, -0.25) is 4.31 Å². The molecule has 0 saturated carbocycles. The fourth-order valence-electron chi connectivity index (χ4n) is 1.22. The van der Waals surface area contributed by atoms with Gasteiger partial charge in [0.2, 0.25) is 10.9 Å². The van der Waals surface area contributed by atoms with Gasteiger partial charge < -0.3 is 0 Å². The van der Waals surface area contributed by atoms with Crippen LogP contribution in [0, 0.1) is 13.0 Å². The van der Waals surface area contributed by atoms with Gasteiger partial charge in [-0.15, -0.1) is 0 Å². The number of thiol groups is 1. The Hall–Kier alpha value is -1.81. The van der Waals surface area contributed by atoms with Gasteiger partial charge in [0.15, 0.2) is 0 Å². The number of nitrogens with zero attached hydrogens (tertiary/aromatic N) is 1. The molecule has 18 heavy (non-hydrogen) atoms. The van der Waals surface area contributed by atoms with Gasteiger partial charge in [-0.05, 0) is 25.1 Å². The maximum absolute atomic E-state index is 10.5. The van der Waals surface area contributed by atoms with E-state index in [9.17, 15) is 8.42 Å². The maximum Gasteiger partial charge on any atom is 0.224 e. The van der Waals surface area contributed by atoms with Crippen LogP contribution in [0.1, 0.15) is 5.56 Å². The van der Waals surface area contributed by atoms with Crippen molar-refractivity contribution in [2.45, 2.75) is 6.92 Å². The zero-order chi connectivity index (χ0) is 13.4. The first-order valence-corrected chi connectivity index (χ1v) is 6.60. The third kappa shape index (κ3) is 5.01. The summed E-state index contributed by atoms with van der Waals surface area (Å²) < 4.78 is 22.1. The van der Waals surface area contributed by atoms with Crippen LogP contribution in [0.2, 0.25) is 0 Å². The molecular weight excluding hydrogens is 246 g/mol. The SMILES string of the molecule is CN(c1ccccc1)[SH](=O)=O.Cc1c[c]ccc1. The molecule has 0 unspecified atom stereocenters. The molecule has 0 fully saturated rings. The van der Waals surface area contributed by atoms with Crippen molar-refractivity contribution in [3.63, 3.8) is 0 Å². The molecule has 0 atom stereocenters. The van der Waals surface area contributed by atoms with Crippen LogP contribution in [0.5, 0.6) is 0 Å². The van der Waals surface area contributed by atoms with Crippen molar-refractivity contribution >= 4 is 16.6 Å². The Bertz CT molecular complexity index is 516. The number of aryl methyl sites for hydroxylation is 1. The Labute approximate surface area is 110 Å². The maximum atomic E-state index is 10.5. The lowest BCUT2D eigenvalue weighted by atomic mass is 10.2. The van der Waals surface area contributed by atoms with Crippen LogP contribution in [0.25, 0.3) is 0 Å². The molecular formula is C14H16NO2S. The van der Waals surface area contributed by atoms with Crippen LogP contribution in [0.4, 0.5) is 5.69 Å². The molecule has 1 radical (unpaired) electrons. The van der Waals surface area contributed by atoms with Crippen molar-refractivity contribution in [1.82, 2.24) is 0 Å². The van der Waals surface area contributed by atoms with Crippen LogP contribution >= 0.6 is 0 Å². The van der Waals surface area contributed by atoms with Gasteiger partial charge in [0.25, 0.3) is 0 Å². The average molecular weight is 262 g/mol. The number of anilines is 1. The second-order valence-electron chi connectivity index (χ2n) is 3.68. The van der Waals surface area contributed by atoms with E-state index < -0.39 is 10.9 Å². The highest BCUT2D eigenvalue weighted by Gasteiger charge is 1.98. The van der Waals surface area contributed by atoms with Crippen LogP contribution in [-0.4, -0.2) is 15.5 Å². The van der Waals surface area contributed by atoms with E-state index in [1.54, 1.807) is 24.3 Å². The highest BCUT2D eigenvalue weighted by molar-refractivity contribution is 7.74. The molecule has 4 heteroatoms. The number of hydrogen-bond donors (Lipinski definition) is 1. The summed E-state index contributed by atoms with van der Waals surface area (Å²) in [4.78, 5) is 0. The largest absolute Gasteiger partial charge is 0.275 e. The number of benzene rings is 2. The van der Waals surface area contributed by atoms with Crippen molar-refractivity contribution in [3.8, 4) is 0 Å². The van der Waals surface area contributed by atoms with Crippen molar-refractivity contribution in [3.05, 3.63) is 66.2 Å². The lowest BCUT2D eigenvalue weighted by Gasteiger charge is -2.09. The summed E-state index contributed by atoms with van der Waals surface area (Å²) in [7, 11) is -0.990. The Morgan fingerprint density at radius 2 is 1.72 bits per heavy atom. The van der Waals surface area contributed by atoms with E-state index in [1.807, 2.05) is 24.3 Å². The molecule has 95 valence electrons. The van der Waals surface area contributed by atoms with E-state index in [0.717, 1.165) is 0 Å². The number of rotatable bonds is 2. The fraction of sp³-hybridized carbons (Fsp3) is 0.143. The molecule has 0 bridgehead atoms. The first-order chi connectivity index (χ1) is 8.61. The summed E-state index contributed by atoms with van der Waals surface area (Å²) in [6, 6.07) is 19.8. The number of para-hydroxylation sites is 1. The molecule has 2 aromatic rings. The van der Waals surface area contributed by atoms with Crippen LogP contribution in [0.3, 0.4) is 0 Å². The van der Waals surface area contributed by atoms with E-state index in [-0.39, 0.29) is 0 Å². The minimum Gasteiger partial charge on any atom is -0.275 e. The molecule has 2 aromatic carbocycles. The van der Waals surface area contributed by atoms with E-state index in [0.29, 0.717) is 5.69 Å². The molecule has 0 aromatic heterocycles. The normalized spacial score (nSPS) is 9.50. The van der Waals surface area contributed by atoms with Crippen LogP contribution in [-0.2, 0) is 10.9 Å². The molecule has 0 saturated heterocycles. The Balaban J connectivity index is 0.000000199. The second kappa shape index (κ2) is 7.50. The van der Waals surface area contributed by atoms with Crippen molar-refractivity contribution in [2.75, 3.05) is 11.4 Å². The minimum atomic E-state index is -2.50. The Morgan fingerprint density at radius 3 is 2.11 bits per heavy atom. The molecule has 0 heterocycles. The van der Waals surface area contributed by atoms with Crippen LogP contribution < -0.4 is 4.31 Å². The molecule has 0 spiro atoms. The molecule has 0 amide bonds. The van der Waals surface area contributed by atoms with Crippen molar-refractivity contribution in [1.29, 1.82) is 0 Å². The van der Waals surface area contributed by atoms with Gasteiger partial charge in [0, 0.05) is 7.05 Å². The standard InChI is InChI=1S/C7H9NO2S.C7H7/c1-8(11(9)10)7-5-3-2-4-6-7;1-7-5-3-2-4-6-7/h2-6,11H,1H3;2-3,5-6H,1H3. The first-order valence-electron chi connectivity index (χ1n) is 5.47. The lowest BCUT2D eigenvalue weighted by molar-refractivity contribution is 0.613. The highest BCUT2D eigenvalue weighted by atomic mass is 32.2. The summed E-state index contributed by atoms with van der Waals surface area (Å²) in [5, 5.41) is 0.